The Morgan fingerprint density at radius 2 is 1.92 bits per heavy atom. The second-order valence-corrected chi connectivity index (χ2v) is 7.09. The Morgan fingerprint density at radius 3 is 2.58 bits per heavy atom. The molecule has 0 unspecified atom stereocenters. The number of rotatable bonds is 6. The molecule has 0 amide bonds. The van der Waals surface area contributed by atoms with E-state index in [4.69, 9.17) is 0 Å². The molecular formula is C23H31F. The average Bonchev–Trinajstić information content (AvgIpc) is 2.61. The quantitative estimate of drug-likeness (QED) is 0.404. The van der Waals surface area contributed by atoms with E-state index >= 15 is 0 Å². The molecule has 0 nitrogen and oxygen atoms in total. The molecule has 1 aromatic carbocycles. The molecule has 2 rings (SSSR count). The Hall–Kier alpha value is -1.55. The summed E-state index contributed by atoms with van der Waals surface area (Å²) in [4.78, 5) is 0. The highest BCUT2D eigenvalue weighted by atomic mass is 19.1. The van der Waals surface area contributed by atoms with Gasteiger partial charge >= 0.3 is 0 Å². The predicted molar refractivity (Wildman–Crippen MR) is 101 cm³/mol. The Morgan fingerprint density at radius 1 is 1.12 bits per heavy atom. The first-order valence-corrected chi connectivity index (χ1v) is 9.69. The molecule has 0 N–H and O–H groups in total. The molecule has 1 saturated carbocycles. The topological polar surface area (TPSA) is 0 Å². The summed E-state index contributed by atoms with van der Waals surface area (Å²) in [5.74, 6) is 7.37. The monoisotopic (exact) mass is 326 g/mol. The van der Waals surface area contributed by atoms with Crippen molar-refractivity contribution in [1.29, 1.82) is 0 Å². The Labute approximate surface area is 147 Å². The zero-order valence-corrected chi connectivity index (χ0v) is 15.3. The van der Waals surface area contributed by atoms with Gasteiger partial charge in [-0.05, 0) is 74.1 Å². The lowest BCUT2D eigenvalue weighted by Gasteiger charge is -2.25. The molecule has 0 bridgehead atoms. The fourth-order valence-corrected chi connectivity index (χ4v) is 3.49. The Kier molecular flexibility index (Phi) is 8.10. The van der Waals surface area contributed by atoms with Gasteiger partial charge in [0.2, 0.25) is 0 Å². The first-order valence-electron chi connectivity index (χ1n) is 9.69. The van der Waals surface area contributed by atoms with E-state index in [1.807, 2.05) is 18.2 Å². The van der Waals surface area contributed by atoms with Crippen LogP contribution >= 0.6 is 0 Å². The highest BCUT2D eigenvalue weighted by Gasteiger charge is 2.17. The van der Waals surface area contributed by atoms with E-state index in [0.717, 1.165) is 24.3 Å². The lowest BCUT2D eigenvalue weighted by molar-refractivity contribution is 0.304. The van der Waals surface area contributed by atoms with E-state index in [0.29, 0.717) is 11.5 Å². The zero-order valence-electron chi connectivity index (χ0n) is 15.3. The molecule has 24 heavy (non-hydrogen) atoms. The number of allylic oxidation sites excluding steroid dienone is 2. The summed E-state index contributed by atoms with van der Waals surface area (Å²) in [6, 6.07) is 5.48. The van der Waals surface area contributed by atoms with Gasteiger partial charge in [0.25, 0.3) is 0 Å². The van der Waals surface area contributed by atoms with Crippen LogP contribution < -0.4 is 0 Å². The maximum Gasteiger partial charge on any atom is 0.139 e. The van der Waals surface area contributed by atoms with E-state index in [9.17, 15) is 4.39 Å². The second-order valence-electron chi connectivity index (χ2n) is 7.09. The van der Waals surface area contributed by atoms with Crippen LogP contribution in [0.25, 0.3) is 0 Å². The number of benzene rings is 1. The van der Waals surface area contributed by atoms with Crippen LogP contribution in [0.15, 0.2) is 30.4 Å². The summed E-state index contributed by atoms with van der Waals surface area (Å²) in [7, 11) is 0. The van der Waals surface area contributed by atoms with E-state index in [1.165, 1.54) is 44.9 Å². The molecule has 1 aliphatic carbocycles. The van der Waals surface area contributed by atoms with E-state index in [2.05, 4.69) is 31.8 Å². The number of aryl methyl sites for hydroxylation is 1. The smallest absolute Gasteiger partial charge is 0.139 e. The van der Waals surface area contributed by atoms with Gasteiger partial charge in [-0.15, -0.1) is 0 Å². The molecule has 0 spiro atoms. The maximum absolute atomic E-state index is 14.1. The summed E-state index contributed by atoms with van der Waals surface area (Å²) >= 11 is 0. The van der Waals surface area contributed by atoms with Crippen molar-refractivity contribution in [1.82, 2.24) is 0 Å². The van der Waals surface area contributed by atoms with Crippen molar-refractivity contribution in [3.05, 3.63) is 47.3 Å². The summed E-state index contributed by atoms with van der Waals surface area (Å²) in [5, 5.41) is 0. The average molecular weight is 326 g/mol. The van der Waals surface area contributed by atoms with Gasteiger partial charge in [-0.3, -0.25) is 0 Å². The molecule has 1 heteroatoms. The summed E-state index contributed by atoms with van der Waals surface area (Å²) in [6.45, 7) is 4.47. The van der Waals surface area contributed by atoms with Crippen LogP contribution in [-0.2, 0) is 6.42 Å². The number of hydrogen-bond acceptors (Lipinski definition) is 0. The number of hydrogen-bond donors (Lipinski definition) is 0. The van der Waals surface area contributed by atoms with E-state index < -0.39 is 0 Å². The van der Waals surface area contributed by atoms with Crippen LogP contribution in [0.3, 0.4) is 0 Å². The minimum absolute atomic E-state index is 0.187. The third-order valence-electron chi connectivity index (χ3n) is 5.23. The standard InChI is InChI=1S/C23H31F/c1-3-5-6-10-21-16-17-22(23(24)18-21)11-8-7-9-20-14-12-19(4-2)13-15-20/h7,9,16-20H,3-6,10,12-15H2,1-2H3/b9-7+/t19-,20-. The number of unbranched alkanes of at least 4 members (excludes halogenated alkanes) is 2. The molecule has 0 saturated heterocycles. The van der Waals surface area contributed by atoms with Gasteiger partial charge < -0.3 is 0 Å². The van der Waals surface area contributed by atoms with Crippen LogP contribution in [0.4, 0.5) is 4.39 Å². The summed E-state index contributed by atoms with van der Waals surface area (Å²) in [5.41, 5.74) is 1.59. The minimum atomic E-state index is -0.187. The maximum atomic E-state index is 14.1. The number of halogens is 1. The van der Waals surface area contributed by atoms with E-state index in [-0.39, 0.29) is 5.82 Å². The third kappa shape index (κ3) is 6.16. The van der Waals surface area contributed by atoms with Gasteiger partial charge in [-0.2, -0.15) is 0 Å². The van der Waals surface area contributed by atoms with Gasteiger partial charge in [0.15, 0.2) is 0 Å². The Bertz CT molecular complexity index is 580. The molecule has 1 fully saturated rings. The van der Waals surface area contributed by atoms with Crippen LogP contribution in [0.1, 0.15) is 76.3 Å². The molecule has 0 aliphatic heterocycles. The van der Waals surface area contributed by atoms with Crippen molar-refractivity contribution in [3.8, 4) is 11.8 Å². The zero-order chi connectivity index (χ0) is 17.2. The van der Waals surface area contributed by atoms with Crippen LogP contribution in [-0.4, -0.2) is 0 Å². The molecule has 0 heterocycles. The van der Waals surface area contributed by atoms with E-state index in [1.54, 1.807) is 6.07 Å². The molecule has 0 radical (unpaired) electrons. The third-order valence-corrected chi connectivity index (χ3v) is 5.23. The lowest BCUT2D eigenvalue weighted by atomic mass is 9.81. The van der Waals surface area contributed by atoms with Crippen molar-refractivity contribution < 1.29 is 4.39 Å². The minimum Gasteiger partial charge on any atom is -0.206 e. The molecular weight excluding hydrogens is 295 g/mol. The van der Waals surface area contributed by atoms with Crippen molar-refractivity contribution in [2.45, 2.75) is 71.6 Å². The molecule has 0 atom stereocenters. The fraction of sp³-hybridized carbons (Fsp3) is 0.565. The van der Waals surface area contributed by atoms with Gasteiger partial charge in [-0.25, -0.2) is 4.39 Å². The second kappa shape index (κ2) is 10.3. The van der Waals surface area contributed by atoms with Crippen molar-refractivity contribution >= 4 is 0 Å². The van der Waals surface area contributed by atoms with Crippen molar-refractivity contribution in [3.63, 3.8) is 0 Å². The van der Waals surface area contributed by atoms with Crippen molar-refractivity contribution in [2.75, 3.05) is 0 Å². The normalized spacial score (nSPS) is 20.8. The summed E-state index contributed by atoms with van der Waals surface area (Å²) in [6.07, 6.45) is 15.2. The predicted octanol–water partition coefficient (Wildman–Crippen LogP) is 6.68. The molecule has 0 aromatic heterocycles. The molecule has 1 aliphatic rings. The van der Waals surface area contributed by atoms with Gasteiger partial charge in [0.05, 0.1) is 5.56 Å². The Balaban J connectivity index is 1.85. The fourth-order valence-electron chi connectivity index (χ4n) is 3.49. The highest BCUT2D eigenvalue weighted by molar-refractivity contribution is 5.39. The first-order chi connectivity index (χ1) is 11.7. The largest absolute Gasteiger partial charge is 0.206 e. The molecule has 1 aromatic rings. The van der Waals surface area contributed by atoms with Crippen LogP contribution in [0, 0.1) is 29.5 Å². The summed E-state index contributed by atoms with van der Waals surface area (Å²) < 4.78 is 14.1. The van der Waals surface area contributed by atoms with Gasteiger partial charge in [-0.1, -0.05) is 57.1 Å². The van der Waals surface area contributed by atoms with Crippen LogP contribution in [0.2, 0.25) is 0 Å². The first kappa shape index (κ1) is 18.8. The SMILES string of the molecule is CCCCCc1ccc(C#C/C=C/[C@H]2CC[C@H](CC)CC2)c(F)c1. The van der Waals surface area contributed by atoms with Crippen molar-refractivity contribution in [2.24, 2.45) is 11.8 Å². The van der Waals surface area contributed by atoms with Gasteiger partial charge in [0.1, 0.15) is 5.82 Å². The lowest BCUT2D eigenvalue weighted by Crippen LogP contribution is -2.11. The molecule has 130 valence electrons. The highest BCUT2D eigenvalue weighted by Crippen LogP contribution is 2.31. The van der Waals surface area contributed by atoms with Gasteiger partial charge in [0, 0.05) is 0 Å². The van der Waals surface area contributed by atoms with Crippen LogP contribution in [0.5, 0.6) is 0 Å².